The number of hydrogen-bond donors (Lipinski definition) is 0. The lowest BCUT2D eigenvalue weighted by Gasteiger charge is -2.07. The molecule has 2 aromatic rings. The van der Waals surface area contributed by atoms with Crippen LogP contribution in [0, 0.1) is 20.8 Å². The van der Waals surface area contributed by atoms with Gasteiger partial charge in [0.05, 0.1) is 4.90 Å². The first-order valence-corrected chi connectivity index (χ1v) is 7.94. The van der Waals surface area contributed by atoms with Gasteiger partial charge in [-0.25, -0.2) is 4.21 Å². The fourth-order valence-corrected chi connectivity index (χ4v) is 3.26. The fraction of sp³-hybridized carbons (Fsp3) is 0.167. The zero-order chi connectivity index (χ0) is 15.2. The van der Waals surface area contributed by atoms with Crippen molar-refractivity contribution in [1.82, 2.24) is 0 Å². The molecule has 0 bridgehead atoms. The van der Waals surface area contributed by atoms with E-state index in [4.69, 9.17) is 0 Å². The molecule has 0 N–H and O–H groups in total. The monoisotopic (exact) mass is 297 g/mol. The third kappa shape index (κ3) is 4.23. The largest absolute Gasteiger partial charge is 0.229 e. The van der Waals surface area contributed by atoms with E-state index in [1.54, 1.807) is 6.21 Å². The SMILES string of the molecule is Cc1cc(C)c(S(=O)/N=C/C=C/c2ccccc2)c(C)c1. The first kappa shape index (κ1) is 15.4. The van der Waals surface area contributed by atoms with Crippen molar-refractivity contribution < 1.29 is 4.21 Å². The van der Waals surface area contributed by atoms with Crippen LogP contribution in [0.25, 0.3) is 6.08 Å². The normalized spacial score (nSPS) is 13.1. The Hall–Kier alpha value is -2.00. The molecule has 1 unspecified atom stereocenters. The number of hydrogen-bond acceptors (Lipinski definition) is 1. The molecule has 2 nitrogen and oxygen atoms in total. The molecule has 2 rings (SSSR count). The summed E-state index contributed by atoms with van der Waals surface area (Å²) in [4.78, 5) is 0.810. The number of benzene rings is 2. The highest BCUT2D eigenvalue weighted by molar-refractivity contribution is 7.84. The molecule has 0 aliphatic carbocycles. The molecule has 0 saturated heterocycles. The summed E-state index contributed by atoms with van der Waals surface area (Å²) >= 11 is 0. The highest BCUT2D eigenvalue weighted by Crippen LogP contribution is 2.20. The molecule has 0 spiro atoms. The van der Waals surface area contributed by atoms with Crippen molar-refractivity contribution in [3.05, 3.63) is 70.8 Å². The van der Waals surface area contributed by atoms with Gasteiger partial charge in [0.1, 0.15) is 0 Å². The van der Waals surface area contributed by atoms with Gasteiger partial charge in [0.2, 0.25) is 0 Å². The topological polar surface area (TPSA) is 29.4 Å². The minimum atomic E-state index is -1.35. The Morgan fingerprint density at radius 1 is 1.00 bits per heavy atom. The maximum absolute atomic E-state index is 12.3. The first-order valence-electron chi connectivity index (χ1n) is 6.83. The first-order chi connectivity index (χ1) is 10.1. The molecule has 0 aliphatic rings. The van der Waals surface area contributed by atoms with Crippen molar-refractivity contribution in [1.29, 1.82) is 0 Å². The van der Waals surface area contributed by atoms with Crippen molar-refractivity contribution in [2.75, 3.05) is 0 Å². The molecule has 0 aromatic heterocycles. The van der Waals surface area contributed by atoms with Gasteiger partial charge in [-0.15, -0.1) is 0 Å². The van der Waals surface area contributed by atoms with Gasteiger partial charge in [-0.05, 0) is 43.5 Å². The summed E-state index contributed by atoms with van der Waals surface area (Å²) in [6.45, 7) is 5.99. The van der Waals surface area contributed by atoms with Crippen molar-refractivity contribution in [2.45, 2.75) is 25.7 Å². The number of rotatable bonds is 4. The van der Waals surface area contributed by atoms with Gasteiger partial charge in [0.15, 0.2) is 11.0 Å². The molecule has 0 fully saturated rings. The Bertz CT molecular complexity index is 679. The van der Waals surface area contributed by atoms with Crippen LogP contribution in [0.2, 0.25) is 0 Å². The second kappa shape index (κ2) is 7.14. The highest BCUT2D eigenvalue weighted by Gasteiger charge is 2.09. The smallest absolute Gasteiger partial charge is 0.173 e. The van der Waals surface area contributed by atoms with E-state index in [-0.39, 0.29) is 0 Å². The highest BCUT2D eigenvalue weighted by atomic mass is 32.2. The Labute approximate surface area is 128 Å². The van der Waals surface area contributed by atoms with Crippen LogP contribution in [-0.4, -0.2) is 10.4 Å². The van der Waals surface area contributed by atoms with E-state index < -0.39 is 11.0 Å². The van der Waals surface area contributed by atoms with Gasteiger partial charge in [-0.3, -0.25) is 0 Å². The molecule has 0 heterocycles. The summed E-state index contributed by atoms with van der Waals surface area (Å²) in [6.07, 6.45) is 5.35. The van der Waals surface area contributed by atoms with Crippen LogP contribution in [0.1, 0.15) is 22.3 Å². The zero-order valence-electron chi connectivity index (χ0n) is 12.5. The average molecular weight is 297 g/mol. The van der Waals surface area contributed by atoms with Crippen LogP contribution in [-0.2, 0) is 11.0 Å². The Kier molecular flexibility index (Phi) is 5.23. The maximum atomic E-state index is 12.3. The standard InChI is InChI=1S/C18H19NOS/c1-14-12-15(2)18(16(3)13-14)21(20)19-11-7-10-17-8-5-4-6-9-17/h4-13H,1-3H3/b10-7+,19-11+. The predicted molar refractivity (Wildman–Crippen MR) is 91.0 cm³/mol. The van der Waals surface area contributed by atoms with Gasteiger partial charge in [-0.1, -0.05) is 54.1 Å². The van der Waals surface area contributed by atoms with Crippen LogP contribution in [0.5, 0.6) is 0 Å². The van der Waals surface area contributed by atoms with Crippen LogP contribution in [0.3, 0.4) is 0 Å². The Balaban J connectivity index is 2.12. The van der Waals surface area contributed by atoms with Gasteiger partial charge >= 0.3 is 0 Å². The summed E-state index contributed by atoms with van der Waals surface area (Å²) in [5.41, 5.74) is 4.32. The molecular weight excluding hydrogens is 278 g/mol. The van der Waals surface area contributed by atoms with Gasteiger partial charge in [0.25, 0.3) is 0 Å². The number of aryl methyl sites for hydroxylation is 3. The van der Waals surface area contributed by atoms with Crippen LogP contribution in [0.4, 0.5) is 0 Å². The molecule has 21 heavy (non-hydrogen) atoms. The van der Waals surface area contributed by atoms with Crippen molar-refractivity contribution >= 4 is 23.3 Å². The summed E-state index contributed by atoms with van der Waals surface area (Å²) in [7, 11) is -1.35. The molecular formula is C18H19NOS. The Morgan fingerprint density at radius 3 is 2.24 bits per heavy atom. The van der Waals surface area contributed by atoms with Crippen LogP contribution in [0.15, 0.2) is 57.8 Å². The predicted octanol–water partition coefficient (Wildman–Crippen LogP) is 4.42. The van der Waals surface area contributed by atoms with E-state index in [0.29, 0.717) is 0 Å². The van der Waals surface area contributed by atoms with E-state index in [1.807, 2.05) is 75.4 Å². The number of nitrogens with zero attached hydrogens (tertiary/aromatic N) is 1. The van der Waals surface area contributed by atoms with Crippen molar-refractivity contribution in [3.63, 3.8) is 0 Å². The molecule has 0 saturated carbocycles. The van der Waals surface area contributed by atoms with Gasteiger partial charge in [-0.2, -0.15) is 4.40 Å². The molecule has 3 heteroatoms. The Morgan fingerprint density at radius 2 is 1.62 bits per heavy atom. The second-order valence-electron chi connectivity index (χ2n) is 5.00. The molecule has 108 valence electrons. The molecule has 0 aliphatic heterocycles. The van der Waals surface area contributed by atoms with Crippen LogP contribution >= 0.6 is 0 Å². The molecule has 2 aromatic carbocycles. The lowest BCUT2D eigenvalue weighted by atomic mass is 10.1. The summed E-state index contributed by atoms with van der Waals surface area (Å²) < 4.78 is 16.4. The van der Waals surface area contributed by atoms with E-state index >= 15 is 0 Å². The molecule has 1 atom stereocenters. The van der Waals surface area contributed by atoms with Crippen LogP contribution < -0.4 is 0 Å². The molecule has 0 radical (unpaired) electrons. The second-order valence-corrected chi connectivity index (χ2v) is 6.12. The van der Waals surface area contributed by atoms with Crippen molar-refractivity contribution in [3.8, 4) is 0 Å². The maximum Gasteiger partial charge on any atom is 0.173 e. The van der Waals surface area contributed by atoms with E-state index in [2.05, 4.69) is 4.40 Å². The van der Waals surface area contributed by atoms with Gasteiger partial charge in [0, 0.05) is 6.21 Å². The molecule has 0 amide bonds. The minimum Gasteiger partial charge on any atom is -0.229 e. The lowest BCUT2D eigenvalue weighted by molar-refractivity contribution is 0.683. The quantitative estimate of drug-likeness (QED) is 0.768. The van der Waals surface area contributed by atoms with E-state index in [9.17, 15) is 4.21 Å². The summed E-state index contributed by atoms with van der Waals surface area (Å²) in [6, 6.07) is 14.0. The van der Waals surface area contributed by atoms with Crippen molar-refractivity contribution in [2.24, 2.45) is 4.40 Å². The number of allylic oxidation sites excluding steroid dienone is 1. The summed E-state index contributed by atoms with van der Waals surface area (Å²) in [5.74, 6) is 0. The minimum absolute atomic E-state index is 0.810. The van der Waals surface area contributed by atoms with E-state index in [1.165, 1.54) is 5.56 Å². The lowest BCUT2D eigenvalue weighted by Crippen LogP contribution is -1.96. The zero-order valence-corrected chi connectivity index (χ0v) is 13.4. The van der Waals surface area contributed by atoms with Gasteiger partial charge < -0.3 is 0 Å². The third-order valence-electron chi connectivity index (χ3n) is 3.11. The third-order valence-corrected chi connectivity index (χ3v) is 4.42. The fourth-order valence-electron chi connectivity index (χ4n) is 2.30. The summed E-state index contributed by atoms with van der Waals surface area (Å²) in [5, 5.41) is 0. The van der Waals surface area contributed by atoms with E-state index in [0.717, 1.165) is 21.6 Å². The average Bonchev–Trinajstić information content (AvgIpc) is 2.43.